The number of urea groups is 1. The molecule has 0 radical (unpaired) electrons. The first-order valence-corrected chi connectivity index (χ1v) is 16.8. The van der Waals surface area contributed by atoms with E-state index in [2.05, 4.69) is 40.3 Å². The summed E-state index contributed by atoms with van der Waals surface area (Å²) in [5, 5.41) is 10.6. The summed E-state index contributed by atoms with van der Waals surface area (Å²) in [6.45, 7) is 11.1. The number of rotatable bonds is 30. The van der Waals surface area contributed by atoms with Gasteiger partial charge in [0.05, 0.1) is 52.9 Å². The van der Waals surface area contributed by atoms with Gasteiger partial charge in [0, 0.05) is 25.4 Å². The Hall–Kier alpha value is -2.89. The summed E-state index contributed by atoms with van der Waals surface area (Å²) in [5.74, 6) is -1.57. The van der Waals surface area contributed by atoms with Crippen molar-refractivity contribution in [1.29, 1.82) is 0 Å². The standard InChI is InChI=1S/C23H46N6O8.C9H19NO/c1-17(2)20(22(32)28-18(21(24)31)5-4-7-27-23(25)33)29-19(30)6-9-34-11-13-36-15-16-37-14-12-35-10-8-26-3;1-9(8-11)6-4-5-7-10(2)3/h17-18,20,26H,4-16H2,1-3H3,(H2,24,31)(H,28,32)(H,29,30)(H3,25,27,33);8-9H,4-7H2,1-3H3. The van der Waals surface area contributed by atoms with Crippen LogP contribution in [0.15, 0.2) is 0 Å². The molecule has 0 saturated heterocycles. The van der Waals surface area contributed by atoms with Gasteiger partial charge in [0.2, 0.25) is 17.7 Å². The van der Waals surface area contributed by atoms with Crippen LogP contribution in [0.25, 0.3) is 0 Å². The average molecular weight is 692 g/mol. The highest BCUT2D eigenvalue weighted by atomic mass is 16.6. The Balaban J connectivity index is 0. The molecule has 0 heterocycles. The second kappa shape index (κ2) is 32.6. The predicted molar refractivity (Wildman–Crippen MR) is 184 cm³/mol. The molecule has 0 aromatic heterocycles. The zero-order chi connectivity index (χ0) is 36.6. The van der Waals surface area contributed by atoms with Crippen molar-refractivity contribution in [2.24, 2.45) is 23.3 Å². The molecule has 0 fully saturated rings. The molecule has 282 valence electrons. The largest absolute Gasteiger partial charge is 0.379 e. The normalized spacial score (nSPS) is 12.8. The minimum Gasteiger partial charge on any atom is -0.379 e. The van der Waals surface area contributed by atoms with E-state index in [4.69, 9.17) is 30.4 Å². The number of amides is 5. The lowest BCUT2D eigenvalue weighted by Gasteiger charge is -2.24. The molecule has 48 heavy (non-hydrogen) atoms. The molecule has 0 rings (SSSR count). The average Bonchev–Trinajstić information content (AvgIpc) is 3.03. The Kier molecular flexibility index (Phi) is 32.1. The first kappa shape index (κ1) is 47.2. The number of primary amides is 2. The molecular formula is C32H65N7O9. The number of aldehydes is 1. The fourth-order valence-electron chi connectivity index (χ4n) is 3.91. The van der Waals surface area contributed by atoms with E-state index in [9.17, 15) is 24.0 Å². The summed E-state index contributed by atoms with van der Waals surface area (Å²) < 4.78 is 21.5. The van der Waals surface area contributed by atoms with Crippen LogP contribution in [0.5, 0.6) is 0 Å². The Morgan fingerprint density at radius 1 is 0.750 bits per heavy atom. The highest BCUT2D eigenvalue weighted by Gasteiger charge is 2.27. The van der Waals surface area contributed by atoms with Crippen LogP contribution >= 0.6 is 0 Å². The molecule has 0 aliphatic carbocycles. The zero-order valence-corrected chi connectivity index (χ0v) is 30.2. The molecule has 0 aliphatic heterocycles. The van der Waals surface area contributed by atoms with E-state index in [0.29, 0.717) is 52.7 Å². The number of likely N-dealkylation sites (N-methyl/N-ethyl adjacent to an activating group) is 1. The van der Waals surface area contributed by atoms with Crippen molar-refractivity contribution in [2.75, 3.05) is 93.6 Å². The van der Waals surface area contributed by atoms with Crippen molar-refractivity contribution in [3.63, 3.8) is 0 Å². The number of nitrogens with one attached hydrogen (secondary N) is 4. The van der Waals surface area contributed by atoms with Crippen LogP contribution < -0.4 is 32.7 Å². The third-order valence-corrected chi connectivity index (χ3v) is 6.73. The number of hydrogen-bond donors (Lipinski definition) is 6. The molecular weight excluding hydrogens is 626 g/mol. The first-order valence-electron chi connectivity index (χ1n) is 16.8. The summed E-state index contributed by atoms with van der Waals surface area (Å²) in [6.07, 6.45) is 5.10. The highest BCUT2D eigenvalue weighted by Crippen LogP contribution is 2.06. The van der Waals surface area contributed by atoms with Crippen LogP contribution in [-0.2, 0) is 38.1 Å². The van der Waals surface area contributed by atoms with Crippen molar-refractivity contribution in [3.05, 3.63) is 0 Å². The second-order valence-electron chi connectivity index (χ2n) is 11.9. The van der Waals surface area contributed by atoms with E-state index in [1.807, 2.05) is 14.0 Å². The quantitative estimate of drug-likeness (QED) is 0.0426. The number of nitrogens with zero attached hydrogens (tertiary/aromatic N) is 1. The maximum absolute atomic E-state index is 12.7. The summed E-state index contributed by atoms with van der Waals surface area (Å²) in [4.78, 5) is 59.8. The number of carbonyl (C=O) groups excluding carboxylic acids is 5. The number of nitrogens with two attached hydrogens (primary N) is 2. The van der Waals surface area contributed by atoms with E-state index in [0.717, 1.165) is 32.2 Å². The van der Waals surface area contributed by atoms with E-state index < -0.39 is 29.9 Å². The second-order valence-corrected chi connectivity index (χ2v) is 11.9. The lowest BCUT2D eigenvalue weighted by atomic mass is 10.0. The third-order valence-electron chi connectivity index (χ3n) is 6.73. The first-order chi connectivity index (χ1) is 22.8. The van der Waals surface area contributed by atoms with E-state index in [1.165, 1.54) is 6.42 Å². The minimum absolute atomic E-state index is 0.0607. The molecule has 5 amide bonds. The van der Waals surface area contributed by atoms with Crippen LogP contribution in [-0.4, -0.2) is 141 Å². The van der Waals surface area contributed by atoms with Crippen molar-refractivity contribution >= 4 is 30.0 Å². The van der Waals surface area contributed by atoms with Crippen LogP contribution in [0.2, 0.25) is 0 Å². The summed E-state index contributed by atoms with van der Waals surface area (Å²) in [5.41, 5.74) is 10.4. The highest BCUT2D eigenvalue weighted by molar-refractivity contribution is 5.91. The minimum atomic E-state index is -0.939. The van der Waals surface area contributed by atoms with Crippen molar-refractivity contribution in [2.45, 2.75) is 71.4 Å². The molecule has 0 spiro atoms. The van der Waals surface area contributed by atoms with Gasteiger partial charge in [-0.2, -0.15) is 0 Å². The van der Waals surface area contributed by atoms with Gasteiger partial charge >= 0.3 is 6.03 Å². The lowest BCUT2D eigenvalue weighted by Crippen LogP contribution is -2.54. The van der Waals surface area contributed by atoms with Gasteiger partial charge in [0.15, 0.2) is 0 Å². The Morgan fingerprint density at radius 3 is 1.79 bits per heavy atom. The fourth-order valence-corrected chi connectivity index (χ4v) is 3.91. The van der Waals surface area contributed by atoms with Crippen LogP contribution in [0.3, 0.4) is 0 Å². The van der Waals surface area contributed by atoms with Crippen molar-refractivity contribution in [3.8, 4) is 0 Å². The molecule has 0 saturated carbocycles. The van der Waals surface area contributed by atoms with Gasteiger partial charge in [-0.3, -0.25) is 14.4 Å². The summed E-state index contributed by atoms with van der Waals surface area (Å²) in [7, 11) is 6.01. The van der Waals surface area contributed by atoms with Crippen LogP contribution in [0.4, 0.5) is 4.79 Å². The fraction of sp³-hybridized carbons (Fsp3) is 0.844. The monoisotopic (exact) mass is 691 g/mol. The molecule has 0 aromatic rings. The molecule has 8 N–H and O–H groups in total. The topological polar surface area (TPSA) is 226 Å². The van der Waals surface area contributed by atoms with Crippen LogP contribution in [0.1, 0.15) is 59.3 Å². The van der Waals surface area contributed by atoms with E-state index >= 15 is 0 Å². The zero-order valence-electron chi connectivity index (χ0n) is 30.2. The number of ether oxygens (including phenoxy) is 4. The molecule has 16 nitrogen and oxygen atoms in total. The van der Waals surface area contributed by atoms with Gasteiger partial charge in [-0.05, 0) is 59.3 Å². The maximum Gasteiger partial charge on any atom is 0.312 e. The molecule has 0 aliphatic rings. The molecule has 3 unspecified atom stereocenters. The Morgan fingerprint density at radius 2 is 1.31 bits per heavy atom. The van der Waals surface area contributed by atoms with Gasteiger partial charge < -0.3 is 61.4 Å². The Labute approximate surface area is 287 Å². The summed E-state index contributed by atoms with van der Waals surface area (Å²) >= 11 is 0. The number of carbonyl (C=O) groups is 5. The van der Waals surface area contributed by atoms with Crippen molar-refractivity contribution in [1.82, 2.24) is 26.2 Å². The van der Waals surface area contributed by atoms with Crippen molar-refractivity contribution < 1.29 is 42.9 Å². The smallest absolute Gasteiger partial charge is 0.312 e. The van der Waals surface area contributed by atoms with E-state index in [1.54, 1.807) is 13.8 Å². The maximum atomic E-state index is 12.7. The molecule has 0 aromatic carbocycles. The van der Waals surface area contributed by atoms with Gasteiger partial charge in [0.25, 0.3) is 0 Å². The van der Waals surface area contributed by atoms with Gasteiger partial charge in [0.1, 0.15) is 18.4 Å². The Bertz CT molecular complexity index is 851. The molecule has 0 bridgehead atoms. The third kappa shape index (κ3) is 31.7. The SMILES string of the molecule is CC(C=O)CCCCN(C)C.CNCCOCCOCCOCCOCCC(=O)NC(C(=O)NC(CCCNC(N)=O)C(N)=O)C(C)C. The lowest BCUT2D eigenvalue weighted by molar-refractivity contribution is -0.132. The number of hydrogen-bond acceptors (Lipinski definition) is 11. The summed E-state index contributed by atoms with van der Waals surface area (Å²) in [6, 6.07) is -2.47. The van der Waals surface area contributed by atoms with E-state index in [-0.39, 0.29) is 43.7 Å². The molecule has 16 heteroatoms. The predicted octanol–water partition coefficient (Wildman–Crippen LogP) is -0.225. The van der Waals surface area contributed by atoms with Gasteiger partial charge in [-0.15, -0.1) is 0 Å². The van der Waals surface area contributed by atoms with Crippen LogP contribution in [0, 0.1) is 11.8 Å². The molecule has 3 atom stereocenters. The van der Waals surface area contributed by atoms with Gasteiger partial charge in [-0.25, -0.2) is 4.79 Å². The number of unbranched alkanes of at least 4 members (excludes halogenated alkanes) is 1. The van der Waals surface area contributed by atoms with Gasteiger partial charge in [-0.1, -0.05) is 27.2 Å².